The van der Waals surface area contributed by atoms with E-state index in [-0.39, 0.29) is 4.90 Å². The van der Waals surface area contributed by atoms with Gasteiger partial charge < -0.3 is 0 Å². The van der Waals surface area contributed by atoms with Gasteiger partial charge in [-0.05, 0) is 25.1 Å². The Morgan fingerprint density at radius 2 is 2.17 bits per heavy atom. The zero-order chi connectivity index (χ0) is 13.3. The van der Waals surface area contributed by atoms with Crippen molar-refractivity contribution < 1.29 is 8.42 Å². The zero-order valence-corrected chi connectivity index (χ0v) is 12.4. The molecule has 96 valence electrons. The van der Waals surface area contributed by atoms with Crippen molar-refractivity contribution in [3.63, 3.8) is 0 Å². The van der Waals surface area contributed by atoms with E-state index in [0.29, 0.717) is 16.4 Å². The lowest BCUT2D eigenvalue weighted by atomic mass is 10.3. The van der Waals surface area contributed by atoms with Crippen molar-refractivity contribution in [1.29, 1.82) is 0 Å². The average molecular weight is 351 g/mol. The maximum absolute atomic E-state index is 12.1. The van der Waals surface area contributed by atoms with Gasteiger partial charge in [0.05, 0.1) is 22.6 Å². The molecule has 0 radical (unpaired) electrons. The van der Waals surface area contributed by atoms with Crippen LogP contribution in [0.1, 0.15) is 5.69 Å². The molecule has 0 spiro atoms. The number of halogens is 2. The Hall–Kier alpha value is -1.05. The Bertz CT molecular complexity index is 684. The second kappa shape index (κ2) is 4.91. The highest BCUT2D eigenvalue weighted by Gasteiger charge is 2.19. The number of nitrogens with one attached hydrogen (secondary N) is 2. The largest absolute Gasteiger partial charge is 0.281 e. The number of rotatable bonds is 3. The van der Waals surface area contributed by atoms with E-state index in [1.54, 1.807) is 25.1 Å². The van der Waals surface area contributed by atoms with Gasteiger partial charge in [0.15, 0.2) is 0 Å². The van der Waals surface area contributed by atoms with E-state index in [4.69, 9.17) is 11.6 Å². The number of benzene rings is 1. The van der Waals surface area contributed by atoms with Crippen molar-refractivity contribution in [3.8, 4) is 0 Å². The third-order valence-electron chi connectivity index (χ3n) is 2.25. The highest BCUT2D eigenvalue weighted by atomic mass is 79.9. The fraction of sp³-hybridized carbons (Fsp3) is 0.100. The number of aromatic amines is 1. The molecule has 1 aromatic carbocycles. The Morgan fingerprint density at radius 1 is 1.44 bits per heavy atom. The average Bonchev–Trinajstić information content (AvgIpc) is 2.70. The van der Waals surface area contributed by atoms with E-state index < -0.39 is 10.0 Å². The molecule has 2 rings (SSSR count). The normalized spacial score (nSPS) is 11.5. The number of anilines is 1. The fourth-order valence-electron chi connectivity index (χ4n) is 1.39. The Morgan fingerprint density at radius 3 is 2.78 bits per heavy atom. The highest BCUT2D eigenvalue weighted by Crippen LogP contribution is 2.28. The van der Waals surface area contributed by atoms with Crippen LogP contribution in [0.25, 0.3) is 0 Å². The third-order valence-corrected chi connectivity index (χ3v) is 4.55. The van der Waals surface area contributed by atoms with Crippen LogP contribution in [0.3, 0.4) is 0 Å². The first kappa shape index (κ1) is 13.4. The minimum atomic E-state index is -3.69. The van der Waals surface area contributed by atoms with E-state index in [1.165, 1.54) is 6.20 Å². The number of hydrogen-bond acceptors (Lipinski definition) is 3. The minimum absolute atomic E-state index is 0.0959. The smallest absolute Gasteiger partial charge is 0.265 e. The summed E-state index contributed by atoms with van der Waals surface area (Å²) in [7, 11) is -3.69. The molecule has 18 heavy (non-hydrogen) atoms. The monoisotopic (exact) mass is 349 g/mol. The van der Waals surface area contributed by atoms with E-state index in [9.17, 15) is 8.42 Å². The van der Waals surface area contributed by atoms with E-state index in [0.717, 1.165) is 4.47 Å². The summed E-state index contributed by atoms with van der Waals surface area (Å²) in [5, 5.41) is 6.58. The van der Waals surface area contributed by atoms with Gasteiger partial charge in [0, 0.05) is 4.47 Å². The second-order valence-corrected chi connectivity index (χ2v) is 6.56. The zero-order valence-electron chi connectivity index (χ0n) is 9.24. The SMILES string of the molecule is Cc1[nH]ncc1S(=O)(=O)Nc1cc(Br)ccc1Cl. The predicted octanol–water partition coefficient (Wildman–Crippen LogP) is 2.93. The van der Waals surface area contributed by atoms with Gasteiger partial charge in [-0.1, -0.05) is 27.5 Å². The van der Waals surface area contributed by atoms with Gasteiger partial charge in [-0.3, -0.25) is 9.82 Å². The predicted molar refractivity (Wildman–Crippen MR) is 73.3 cm³/mol. The Kier molecular flexibility index (Phi) is 3.65. The van der Waals surface area contributed by atoms with Gasteiger partial charge in [0.1, 0.15) is 4.90 Å². The van der Waals surface area contributed by atoms with Crippen LogP contribution in [0, 0.1) is 6.92 Å². The summed E-state index contributed by atoms with van der Waals surface area (Å²) in [6.45, 7) is 1.63. The van der Waals surface area contributed by atoms with E-state index in [1.807, 2.05) is 0 Å². The molecule has 0 saturated heterocycles. The van der Waals surface area contributed by atoms with Crippen molar-refractivity contribution in [1.82, 2.24) is 10.2 Å². The van der Waals surface area contributed by atoms with Gasteiger partial charge in [-0.2, -0.15) is 5.10 Å². The summed E-state index contributed by atoms with van der Waals surface area (Å²) in [5.41, 5.74) is 0.778. The van der Waals surface area contributed by atoms with Crippen LogP contribution in [0.15, 0.2) is 33.8 Å². The Labute approximate surface area is 118 Å². The molecule has 0 aliphatic carbocycles. The van der Waals surface area contributed by atoms with E-state index >= 15 is 0 Å². The minimum Gasteiger partial charge on any atom is -0.281 e. The first-order chi connectivity index (χ1) is 8.40. The van der Waals surface area contributed by atoms with Crippen LogP contribution in [0.5, 0.6) is 0 Å². The molecule has 2 N–H and O–H groups in total. The standard InChI is InChI=1S/C10H9BrClN3O2S/c1-6-10(5-13-14-6)18(16,17)15-9-4-7(11)2-3-8(9)12/h2-5,15H,1H3,(H,13,14). The van der Waals surface area contributed by atoms with Crippen LogP contribution in [0.2, 0.25) is 5.02 Å². The molecular weight excluding hydrogens is 342 g/mol. The molecule has 0 fully saturated rings. The Balaban J connectivity index is 2.40. The van der Waals surface area contributed by atoms with Crippen molar-refractivity contribution in [3.05, 3.63) is 39.6 Å². The van der Waals surface area contributed by atoms with Crippen LogP contribution in [-0.2, 0) is 10.0 Å². The lowest BCUT2D eigenvalue weighted by Gasteiger charge is -2.09. The van der Waals surface area contributed by atoms with Gasteiger partial charge in [0.2, 0.25) is 0 Å². The molecule has 5 nitrogen and oxygen atoms in total. The fourth-order valence-corrected chi connectivity index (χ4v) is 3.18. The van der Waals surface area contributed by atoms with Crippen LogP contribution in [-0.4, -0.2) is 18.6 Å². The van der Waals surface area contributed by atoms with E-state index in [2.05, 4.69) is 30.8 Å². The molecule has 0 aliphatic rings. The number of nitrogens with zero attached hydrogens (tertiary/aromatic N) is 1. The molecule has 8 heteroatoms. The summed E-state index contributed by atoms with van der Waals surface area (Å²) in [6, 6.07) is 4.92. The van der Waals surface area contributed by atoms with Crippen LogP contribution >= 0.6 is 27.5 Å². The van der Waals surface area contributed by atoms with Crippen molar-refractivity contribution in [2.45, 2.75) is 11.8 Å². The van der Waals surface area contributed by atoms with Crippen molar-refractivity contribution >= 4 is 43.2 Å². The van der Waals surface area contributed by atoms with Crippen molar-refractivity contribution in [2.75, 3.05) is 4.72 Å². The number of hydrogen-bond donors (Lipinski definition) is 2. The molecular formula is C10H9BrClN3O2S. The van der Waals surface area contributed by atoms with Crippen LogP contribution in [0.4, 0.5) is 5.69 Å². The highest BCUT2D eigenvalue weighted by molar-refractivity contribution is 9.10. The summed E-state index contributed by atoms with van der Waals surface area (Å²) in [4.78, 5) is 0.0959. The summed E-state index contributed by atoms with van der Waals surface area (Å²) < 4.78 is 27.4. The van der Waals surface area contributed by atoms with Gasteiger partial charge in [-0.15, -0.1) is 0 Å². The van der Waals surface area contributed by atoms with Gasteiger partial charge in [-0.25, -0.2) is 8.42 Å². The van der Waals surface area contributed by atoms with Crippen LogP contribution < -0.4 is 4.72 Å². The molecule has 0 unspecified atom stereocenters. The molecule has 0 atom stereocenters. The van der Waals surface area contributed by atoms with Gasteiger partial charge in [0.25, 0.3) is 10.0 Å². The third kappa shape index (κ3) is 2.68. The number of aromatic nitrogens is 2. The summed E-state index contributed by atoms with van der Waals surface area (Å²) in [5.74, 6) is 0. The van der Waals surface area contributed by atoms with Gasteiger partial charge >= 0.3 is 0 Å². The number of sulfonamides is 1. The molecule has 1 aromatic heterocycles. The molecule has 2 aromatic rings. The molecule has 0 aliphatic heterocycles. The second-order valence-electron chi connectivity index (χ2n) is 3.59. The first-order valence-corrected chi connectivity index (χ1v) is 7.53. The maximum Gasteiger partial charge on any atom is 0.265 e. The molecule has 1 heterocycles. The molecule has 0 saturated carbocycles. The summed E-state index contributed by atoms with van der Waals surface area (Å²) >= 11 is 9.19. The topological polar surface area (TPSA) is 74.8 Å². The maximum atomic E-state index is 12.1. The molecule has 0 amide bonds. The number of H-pyrrole nitrogens is 1. The lowest BCUT2D eigenvalue weighted by molar-refractivity contribution is 0.600. The summed E-state index contributed by atoms with van der Waals surface area (Å²) in [6.07, 6.45) is 1.25. The molecule has 0 bridgehead atoms. The van der Waals surface area contributed by atoms with Crippen molar-refractivity contribution in [2.24, 2.45) is 0 Å². The number of aryl methyl sites for hydroxylation is 1. The quantitative estimate of drug-likeness (QED) is 0.893. The first-order valence-electron chi connectivity index (χ1n) is 4.88. The lowest BCUT2D eigenvalue weighted by Crippen LogP contribution is -2.13.